The van der Waals surface area contributed by atoms with Gasteiger partial charge in [0.1, 0.15) is 6.10 Å². The predicted molar refractivity (Wildman–Crippen MR) is 42.5 cm³/mol. The first-order valence-corrected chi connectivity index (χ1v) is 3.60. The molecule has 4 N–H and O–H groups in total. The van der Waals surface area contributed by atoms with Gasteiger partial charge in [0.25, 0.3) is 0 Å². The van der Waals surface area contributed by atoms with Gasteiger partial charge in [-0.2, -0.15) is 0 Å². The van der Waals surface area contributed by atoms with Crippen LogP contribution in [0.15, 0.2) is 0 Å². The van der Waals surface area contributed by atoms with Gasteiger partial charge in [-0.25, -0.2) is 4.79 Å². The monoisotopic (exact) mass is 209 g/mol. The van der Waals surface area contributed by atoms with Gasteiger partial charge >= 0.3 is 5.97 Å². The third-order valence-electron chi connectivity index (χ3n) is 1.50. The Bertz CT molecular complexity index is 231. The van der Waals surface area contributed by atoms with E-state index < -0.39 is 43.8 Å². The highest BCUT2D eigenvalue weighted by atomic mass is 16.5. The zero-order valence-electron chi connectivity index (χ0n) is 8.16. The average molecular weight is 209 g/mol. The number of hydrogen-bond donors (Lipinski definition) is 4. The van der Waals surface area contributed by atoms with Crippen molar-refractivity contribution < 1.29 is 36.1 Å². The smallest absolute Gasteiger partial charge is 0.335 e. The van der Waals surface area contributed by atoms with Crippen LogP contribution in [0.1, 0.15) is 1.37 Å². The Kier molecular flexibility index (Phi) is 4.47. The highest BCUT2D eigenvalue weighted by molar-refractivity contribution is 5.92. The van der Waals surface area contributed by atoms with Crippen LogP contribution in [-0.4, -0.2) is 64.2 Å². The minimum atomic E-state index is -2.18. The molecule has 0 radical (unpaired) electrons. The second-order valence-electron chi connectivity index (χ2n) is 2.47. The molecule has 0 fully saturated rings. The van der Waals surface area contributed by atoms with E-state index in [0.29, 0.717) is 0 Å². The maximum absolute atomic E-state index is 11.2. The third kappa shape index (κ3) is 3.04. The Labute approximate surface area is 80.9 Å². The van der Waals surface area contributed by atoms with Gasteiger partial charge < -0.3 is 25.2 Å². The highest BCUT2D eigenvalue weighted by Gasteiger charge is 2.35. The SMILES string of the molecule is [2H]CO[C@@H](C(=O)[C@@H](O)CO)[C@H](O)C(=O)O. The van der Waals surface area contributed by atoms with Crippen molar-refractivity contribution in [1.29, 1.82) is 0 Å². The van der Waals surface area contributed by atoms with E-state index >= 15 is 0 Å². The summed E-state index contributed by atoms with van der Waals surface area (Å²) >= 11 is 0. The number of ether oxygens (including phenoxy) is 1. The summed E-state index contributed by atoms with van der Waals surface area (Å²) in [6.45, 7) is -0.914. The third-order valence-corrected chi connectivity index (χ3v) is 1.50. The zero-order chi connectivity index (χ0) is 12.0. The molecule has 82 valence electrons. The van der Waals surface area contributed by atoms with Crippen molar-refractivity contribution in [2.75, 3.05) is 13.7 Å². The van der Waals surface area contributed by atoms with E-state index in [1.54, 1.807) is 0 Å². The van der Waals surface area contributed by atoms with Gasteiger partial charge in [-0.05, 0) is 0 Å². The molecule has 0 aromatic rings. The van der Waals surface area contributed by atoms with Crippen LogP contribution in [0.4, 0.5) is 0 Å². The second kappa shape index (κ2) is 5.66. The molecule has 0 aliphatic carbocycles. The molecule has 0 aliphatic heterocycles. The van der Waals surface area contributed by atoms with Crippen molar-refractivity contribution in [3.63, 3.8) is 0 Å². The van der Waals surface area contributed by atoms with Gasteiger partial charge in [-0.3, -0.25) is 4.79 Å². The van der Waals surface area contributed by atoms with E-state index in [1.807, 2.05) is 0 Å². The van der Waals surface area contributed by atoms with Crippen molar-refractivity contribution in [3.05, 3.63) is 0 Å². The lowest BCUT2D eigenvalue weighted by atomic mass is 10.1. The molecule has 0 rings (SSSR count). The summed E-state index contributed by atoms with van der Waals surface area (Å²) < 4.78 is 11.0. The number of carboxylic acid groups (broad SMARTS) is 1. The number of carbonyl (C=O) groups is 2. The molecule has 14 heavy (non-hydrogen) atoms. The van der Waals surface area contributed by atoms with Crippen LogP contribution in [0.2, 0.25) is 0 Å². The molecule has 0 aliphatic rings. The molecule has 0 saturated carbocycles. The molecule has 3 atom stereocenters. The summed E-state index contributed by atoms with van der Waals surface area (Å²) in [5.41, 5.74) is 0. The molecule has 0 unspecified atom stereocenters. The van der Waals surface area contributed by atoms with E-state index in [9.17, 15) is 9.59 Å². The molecule has 0 bridgehead atoms. The topological polar surface area (TPSA) is 124 Å². The molecule has 7 heteroatoms. The summed E-state index contributed by atoms with van der Waals surface area (Å²) in [5, 5.41) is 34.8. The van der Waals surface area contributed by atoms with Crippen LogP contribution in [0, 0.1) is 0 Å². The molecule has 7 nitrogen and oxygen atoms in total. The number of aliphatic hydroxyl groups excluding tert-OH is 3. The normalized spacial score (nSPS) is 18.1. The quantitative estimate of drug-likeness (QED) is 0.377. The van der Waals surface area contributed by atoms with Crippen LogP contribution in [-0.2, 0) is 14.3 Å². The predicted octanol–water partition coefficient (Wildman–Crippen LogP) is -2.63. The number of aliphatic hydroxyl groups is 3. The van der Waals surface area contributed by atoms with Gasteiger partial charge in [0.15, 0.2) is 18.0 Å². The fourth-order valence-corrected chi connectivity index (χ4v) is 0.738. The average Bonchev–Trinajstić information content (AvgIpc) is 2.22. The van der Waals surface area contributed by atoms with Crippen molar-refractivity contribution in [2.24, 2.45) is 0 Å². The lowest BCUT2D eigenvalue weighted by Gasteiger charge is -2.18. The van der Waals surface area contributed by atoms with Crippen LogP contribution in [0.5, 0.6) is 0 Å². The maximum Gasteiger partial charge on any atom is 0.335 e. The first kappa shape index (κ1) is 11.1. The first-order valence-electron chi connectivity index (χ1n) is 4.30. The van der Waals surface area contributed by atoms with E-state index in [-0.39, 0.29) is 0 Å². The molecule has 0 spiro atoms. The highest BCUT2D eigenvalue weighted by Crippen LogP contribution is 2.03. The molecule has 0 aromatic carbocycles. The summed E-state index contributed by atoms with van der Waals surface area (Å²) in [5.74, 6) is -2.90. The van der Waals surface area contributed by atoms with Crippen molar-refractivity contribution >= 4 is 11.8 Å². The van der Waals surface area contributed by atoms with Gasteiger partial charge in [-0.15, -0.1) is 0 Å². The Morgan fingerprint density at radius 2 is 2.07 bits per heavy atom. The lowest BCUT2D eigenvalue weighted by Crippen LogP contribution is -2.46. The molecular formula is C7H12O7. The Morgan fingerprint density at radius 1 is 1.50 bits per heavy atom. The molecule has 0 saturated heterocycles. The van der Waals surface area contributed by atoms with Gasteiger partial charge in [0, 0.05) is 7.09 Å². The van der Waals surface area contributed by atoms with E-state index in [4.69, 9.17) is 21.8 Å². The van der Waals surface area contributed by atoms with Crippen molar-refractivity contribution in [3.8, 4) is 0 Å². The molecule has 0 amide bonds. The Balaban J connectivity index is 4.64. The first-order chi connectivity index (χ1) is 6.95. The summed E-state index contributed by atoms with van der Waals surface area (Å²) in [4.78, 5) is 21.5. The lowest BCUT2D eigenvalue weighted by molar-refractivity contribution is -0.163. The minimum absolute atomic E-state index is 0.751. The number of ketones is 1. The number of carboxylic acids is 1. The van der Waals surface area contributed by atoms with Crippen molar-refractivity contribution in [2.45, 2.75) is 18.3 Å². The number of aliphatic carboxylic acids is 1. The molecule has 0 aromatic heterocycles. The largest absolute Gasteiger partial charge is 0.479 e. The van der Waals surface area contributed by atoms with Crippen molar-refractivity contribution in [1.82, 2.24) is 0 Å². The Morgan fingerprint density at radius 3 is 2.43 bits per heavy atom. The maximum atomic E-state index is 11.2. The Hall–Kier alpha value is -1.02. The number of methoxy groups -OCH3 is 1. The summed E-state index contributed by atoms with van der Waals surface area (Å²) in [7, 11) is -0.751. The van der Waals surface area contributed by atoms with Crippen LogP contribution in [0.3, 0.4) is 0 Å². The molecular weight excluding hydrogens is 196 g/mol. The van der Waals surface area contributed by atoms with Crippen LogP contribution >= 0.6 is 0 Å². The van der Waals surface area contributed by atoms with Crippen LogP contribution < -0.4 is 0 Å². The second-order valence-corrected chi connectivity index (χ2v) is 2.47. The number of carbonyl (C=O) groups excluding carboxylic acids is 1. The van der Waals surface area contributed by atoms with Gasteiger partial charge in [0.05, 0.1) is 7.98 Å². The van der Waals surface area contributed by atoms with E-state index in [1.165, 1.54) is 0 Å². The number of rotatable bonds is 6. The molecule has 0 heterocycles. The fourth-order valence-electron chi connectivity index (χ4n) is 0.738. The fraction of sp³-hybridized carbons (Fsp3) is 0.714. The zero-order valence-corrected chi connectivity index (χ0v) is 7.16. The van der Waals surface area contributed by atoms with Gasteiger partial charge in [0.2, 0.25) is 0 Å². The van der Waals surface area contributed by atoms with E-state index in [2.05, 4.69) is 4.74 Å². The number of hydrogen-bond acceptors (Lipinski definition) is 6. The summed E-state index contributed by atoms with van der Waals surface area (Å²) in [6, 6.07) is 0. The number of Topliss-reactive ketones (excluding diaryl/α,β-unsaturated/α-hetero) is 1. The standard InChI is InChI=1S/C7H12O7/c1-14-6(5(11)7(12)13)4(10)3(9)2-8/h3,5-6,8-9,11H,2H2,1H3,(H,12,13)/t3-,5-,6-/m0/s1/i1D. The summed E-state index contributed by atoms with van der Waals surface area (Å²) in [6.07, 6.45) is -5.87. The van der Waals surface area contributed by atoms with Crippen LogP contribution in [0.25, 0.3) is 0 Å². The minimum Gasteiger partial charge on any atom is -0.479 e. The van der Waals surface area contributed by atoms with E-state index in [0.717, 1.165) is 0 Å². The van der Waals surface area contributed by atoms with Gasteiger partial charge in [-0.1, -0.05) is 0 Å².